The quantitative estimate of drug-likeness (QED) is 0.119. The molecular formula is C42H38N10O3S3. The van der Waals surface area contributed by atoms with Gasteiger partial charge in [0.05, 0.1) is 41.4 Å². The Hall–Kier alpha value is -6.04. The molecule has 2 aliphatic rings. The molecule has 10 rings (SSSR count). The van der Waals surface area contributed by atoms with E-state index in [2.05, 4.69) is 80.6 Å². The highest BCUT2D eigenvalue weighted by Gasteiger charge is 2.20. The fourth-order valence-electron chi connectivity index (χ4n) is 6.92. The Morgan fingerprint density at radius 1 is 0.638 bits per heavy atom. The molecule has 13 nitrogen and oxygen atoms in total. The Morgan fingerprint density at radius 2 is 1.19 bits per heavy atom. The van der Waals surface area contributed by atoms with Gasteiger partial charge in [0.25, 0.3) is 11.8 Å². The lowest BCUT2D eigenvalue weighted by molar-refractivity contribution is 0.101. The van der Waals surface area contributed by atoms with Crippen LogP contribution in [0.1, 0.15) is 21.0 Å². The third-order valence-electron chi connectivity index (χ3n) is 9.88. The summed E-state index contributed by atoms with van der Waals surface area (Å²) in [5.41, 5.74) is 7.04. The zero-order valence-electron chi connectivity index (χ0n) is 31.2. The van der Waals surface area contributed by atoms with Crippen molar-refractivity contribution in [3.05, 3.63) is 119 Å². The van der Waals surface area contributed by atoms with Crippen LogP contribution in [0, 0.1) is 0 Å². The van der Waals surface area contributed by atoms with Crippen LogP contribution in [0.25, 0.3) is 42.2 Å². The van der Waals surface area contributed by atoms with Gasteiger partial charge in [-0.1, -0.05) is 6.07 Å². The van der Waals surface area contributed by atoms with Crippen molar-refractivity contribution in [1.29, 1.82) is 0 Å². The first-order valence-corrected chi connectivity index (χ1v) is 21.5. The molecule has 292 valence electrons. The second kappa shape index (κ2) is 17.2. The summed E-state index contributed by atoms with van der Waals surface area (Å²) in [6.07, 6.45) is 8.57. The van der Waals surface area contributed by atoms with E-state index in [1.54, 1.807) is 47.8 Å². The van der Waals surface area contributed by atoms with Gasteiger partial charge < -0.3 is 35.5 Å². The Balaban J connectivity index is 0.000000150. The molecule has 0 saturated carbocycles. The van der Waals surface area contributed by atoms with Gasteiger partial charge in [-0.2, -0.15) is 0 Å². The number of amides is 2. The molecular weight excluding hydrogens is 789 g/mol. The van der Waals surface area contributed by atoms with E-state index in [1.807, 2.05) is 41.8 Å². The SMILES string of the molecule is O=C(Nc1cnccc1N1CCNCC1)c1csc(-c2ccc3occc3c2)n1.O=C(Nc1cnccc1N1CCNCC1)c1csc(-c2ccc3sccc3c2)n1. The number of furan rings is 1. The predicted molar refractivity (Wildman–Crippen MR) is 235 cm³/mol. The van der Waals surface area contributed by atoms with Crippen LogP contribution in [0.2, 0.25) is 0 Å². The summed E-state index contributed by atoms with van der Waals surface area (Å²) in [5.74, 6) is -0.449. The lowest BCUT2D eigenvalue weighted by Gasteiger charge is -2.30. The minimum Gasteiger partial charge on any atom is -0.464 e. The number of piperazine rings is 2. The van der Waals surface area contributed by atoms with Crippen molar-refractivity contribution in [1.82, 2.24) is 30.6 Å². The molecule has 2 aromatic carbocycles. The van der Waals surface area contributed by atoms with Crippen LogP contribution in [0.4, 0.5) is 22.7 Å². The van der Waals surface area contributed by atoms with E-state index in [-0.39, 0.29) is 11.8 Å². The number of fused-ring (bicyclic) bond motifs is 2. The van der Waals surface area contributed by atoms with Crippen LogP contribution in [0.3, 0.4) is 0 Å². The first-order chi connectivity index (χ1) is 28.6. The molecule has 2 saturated heterocycles. The van der Waals surface area contributed by atoms with E-state index >= 15 is 0 Å². The fourth-order valence-corrected chi connectivity index (χ4v) is 9.29. The van der Waals surface area contributed by atoms with Crippen molar-refractivity contribution in [3.8, 4) is 21.1 Å². The second-order valence-corrected chi connectivity index (χ2v) is 16.3. The van der Waals surface area contributed by atoms with Crippen molar-refractivity contribution in [2.45, 2.75) is 0 Å². The fraction of sp³-hybridized carbons (Fsp3) is 0.190. The van der Waals surface area contributed by atoms with Gasteiger partial charge in [0, 0.05) is 96.7 Å². The van der Waals surface area contributed by atoms with Crippen LogP contribution < -0.4 is 31.1 Å². The molecule has 0 unspecified atom stereocenters. The normalized spacial score (nSPS) is 14.3. The highest BCUT2D eigenvalue weighted by atomic mass is 32.1. The van der Waals surface area contributed by atoms with Crippen molar-refractivity contribution in [2.75, 3.05) is 72.8 Å². The van der Waals surface area contributed by atoms with Crippen LogP contribution in [-0.2, 0) is 0 Å². The molecule has 4 N–H and O–H groups in total. The topological polar surface area (TPSA) is 153 Å². The Kier molecular flexibility index (Phi) is 11.1. The van der Waals surface area contributed by atoms with Crippen molar-refractivity contribution < 1.29 is 14.0 Å². The van der Waals surface area contributed by atoms with Gasteiger partial charge in [-0.3, -0.25) is 19.6 Å². The van der Waals surface area contributed by atoms with Gasteiger partial charge >= 0.3 is 0 Å². The summed E-state index contributed by atoms with van der Waals surface area (Å²) < 4.78 is 6.64. The number of anilines is 4. The average Bonchev–Trinajstić information content (AvgIpc) is 4.12. The number of nitrogens with one attached hydrogen (secondary N) is 4. The number of aromatic nitrogens is 4. The minimum atomic E-state index is -0.235. The van der Waals surface area contributed by atoms with Crippen LogP contribution >= 0.6 is 34.0 Å². The predicted octanol–water partition coefficient (Wildman–Crippen LogP) is 7.69. The molecule has 2 fully saturated rings. The minimum absolute atomic E-state index is 0.214. The number of nitrogens with zero attached hydrogens (tertiary/aromatic N) is 6. The van der Waals surface area contributed by atoms with E-state index in [0.717, 1.165) is 95.8 Å². The largest absolute Gasteiger partial charge is 0.464 e. The van der Waals surface area contributed by atoms with Crippen molar-refractivity contribution in [2.24, 2.45) is 0 Å². The van der Waals surface area contributed by atoms with Gasteiger partial charge in [-0.15, -0.1) is 34.0 Å². The Labute approximate surface area is 345 Å². The number of rotatable bonds is 8. The summed E-state index contributed by atoms with van der Waals surface area (Å²) in [5, 5.41) is 22.2. The summed E-state index contributed by atoms with van der Waals surface area (Å²) in [6, 6.07) is 20.1. The van der Waals surface area contributed by atoms with Crippen LogP contribution in [-0.4, -0.2) is 84.1 Å². The maximum absolute atomic E-state index is 12.8. The molecule has 8 aromatic rings. The monoisotopic (exact) mass is 826 g/mol. The maximum atomic E-state index is 12.8. The van der Waals surface area contributed by atoms with E-state index in [9.17, 15) is 9.59 Å². The molecule has 58 heavy (non-hydrogen) atoms. The second-order valence-electron chi connectivity index (χ2n) is 13.6. The number of thiazole rings is 2. The average molecular weight is 827 g/mol. The van der Waals surface area contributed by atoms with Crippen LogP contribution in [0.15, 0.2) is 112 Å². The number of carbonyl (C=O) groups is 2. The molecule has 0 spiro atoms. The summed E-state index contributed by atoms with van der Waals surface area (Å²) in [6.45, 7) is 7.30. The molecule has 2 amide bonds. The molecule has 0 radical (unpaired) electrons. The smallest absolute Gasteiger partial charge is 0.275 e. The van der Waals surface area contributed by atoms with E-state index in [4.69, 9.17) is 4.42 Å². The van der Waals surface area contributed by atoms with Gasteiger partial charge in [0.2, 0.25) is 0 Å². The Bertz CT molecular complexity index is 2510. The van der Waals surface area contributed by atoms with Crippen molar-refractivity contribution in [3.63, 3.8) is 0 Å². The number of thiophene rings is 1. The number of carbonyl (C=O) groups excluding carboxylic acids is 2. The molecule has 6 aromatic heterocycles. The zero-order valence-corrected chi connectivity index (χ0v) is 33.6. The lowest BCUT2D eigenvalue weighted by atomic mass is 10.2. The maximum Gasteiger partial charge on any atom is 0.275 e. The van der Waals surface area contributed by atoms with Gasteiger partial charge in [-0.05, 0) is 65.4 Å². The van der Waals surface area contributed by atoms with E-state index < -0.39 is 0 Å². The lowest BCUT2D eigenvalue weighted by Crippen LogP contribution is -2.43. The summed E-state index contributed by atoms with van der Waals surface area (Å²) >= 11 is 4.65. The highest BCUT2D eigenvalue weighted by Crippen LogP contribution is 2.32. The first kappa shape index (κ1) is 37.5. The molecule has 8 heterocycles. The number of hydrogen-bond acceptors (Lipinski definition) is 14. The van der Waals surface area contributed by atoms with Crippen molar-refractivity contribution >= 4 is 89.6 Å². The van der Waals surface area contributed by atoms with E-state index in [1.165, 1.54) is 32.8 Å². The number of benzene rings is 2. The van der Waals surface area contributed by atoms with Crippen LogP contribution in [0.5, 0.6) is 0 Å². The molecule has 0 bridgehead atoms. The molecule has 0 aliphatic carbocycles. The molecule has 2 aliphatic heterocycles. The summed E-state index contributed by atoms with van der Waals surface area (Å²) in [7, 11) is 0. The highest BCUT2D eigenvalue weighted by molar-refractivity contribution is 7.17. The van der Waals surface area contributed by atoms with Gasteiger partial charge in [0.15, 0.2) is 0 Å². The molecule has 16 heteroatoms. The number of pyridine rings is 2. The third kappa shape index (κ3) is 8.32. The van der Waals surface area contributed by atoms with Gasteiger partial charge in [-0.25, -0.2) is 9.97 Å². The first-order valence-electron chi connectivity index (χ1n) is 18.8. The third-order valence-corrected chi connectivity index (χ3v) is 12.6. The summed E-state index contributed by atoms with van der Waals surface area (Å²) in [4.78, 5) is 47.7. The van der Waals surface area contributed by atoms with E-state index in [0.29, 0.717) is 22.8 Å². The number of hydrogen-bond donors (Lipinski definition) is 4. The Morgan fingerprint density at radius 3 is 1.78 bits per heavy atom. The standard InChI is InChI=1S/C21H19N5O2S.C21H19N5OS2/c2*27-20(24-16-12-23-5-3-18(16)26-8-6-22-7-9-26)17-13-29-21(25-17)15-1-2-19-14(11-15)4-10-28-19/h2*1-5,10-13,22H,6-9H2,(H,24,27). The van der Waals surface area contributed by atoms with Gasteiger partial charge in [0.1, 0.15) is 27.0 Å². The molecule has 0 atom stereocenters. The zero-order chi connectivity index (χ0) is 39.3.